The average molecular weight is 264 g/mol. The smallest absolute Gasteiger partial charge is 0.246 e. The summed E-state index contributed by atoms with van der Waals surface area (Å²) in [5.74, 6) is -1.91. The van der Waals surface area contributed by atoms with Gasteiger partial charge in [-0.1, -0.05) is 0 Å². The number of morpholine rings is 1. The number of aliphatic hydroxyl groups excluding tert-OH is 3. The zero-order chi connectivity index (χ0) is 13.3. The van der Waals surface area contributed by atoms with E-state index in [4.69, 9.17) is 20.3 Å². The second-order valence-electron chi connectivity index (χ2n) is 4.60. The van der Waals surface area contributed by atoms with Crippen molar-refractivity contribution in [1.29, 1.82) is 0 Å². The Bertz CT molecular complexity index is 282. The van der Waals surface area contributed by atoms with E-state index in [-0.39, 0.29) is 0 Å². The standard InChI is InChI=1S/C10H20N2O6/c11-9-8(15)7(14)6(5-13)18-10(9,16)12-1-3-17-4-2-12/h6-9,13-16H,1-5,11H2/t6-,7-,8+,9-,10?/m1/s1. The number of hydrogen-bond acceptors (Lipinski definition) is 8. The normalized spacial score (nSPS) is 47.2. The molecule has 2 fully saturated rings. The molecule has 0 aromatic heterocycles. The summed E-state index contributed by atoms with van der Waals surface area (Å²) in [5.41, 5.74) is 5.75. The number of rotatable bonds is 2. The Morgan fingerprint density at radius 1 is 1.22 bits per heavy atom. The minimum absolute atomic E-state index is 0.394. The minimum atomic E-state index is -1.91. The summed E-state index contributed by atoms with van der Waals surface area (Å²) >= 11 is 0. The van der Waals surface area contributed by atoms with E-state index in [1.165, 1.54) is 0 Å². The topological polar surface area (TPSA) is 129 Å². The molecule has 18 heavy (non-hydrogen) atoms. The molecular weight excluding hydrogens is 244 g/mol. The summed E-state index contributed by atoms with van der Waals surface area (Å²) in [6.45, 7) is 1.11. The SMILES string of the molecule is N[C@@H]1[C@@H](O)[C@H](O)[C@@H](CO)OC1(O)N1CCOCC1. The highest BCUT2D eigenvalue weighted by Crippen LogP contribution is 2.30. The maximum absolute atomic E-state index is 10.5. The lowest BCUT2D eigenvalue weighted by atomic mass is 9.94. The lowest BCUT2D eigenvalue weighted by Crippen LogP contribution is -2.74. The minimum Gasteiger partial charge on any atom is -0.394 e. The molecule has 1 unspecified atom stereocenters. The molecule has 2 aliphatic heterocycles. The highest BCUT2D eigenvalue weighted by Gasteiger charge is 2.54. The summed E-state index contributed by atoms with van der Waals surface area (Å²) in [6.07, 6.45) is -3.78. The molecule has 0 aromatic carbocycles. The van der Waals surface area contributed by atoms with Crippen LogP contribution in [0, 0.1) is 0 Å². The molecular formula is C10H20N2O6. The average Bonchev–Trinajstić information content (AvgIpc) is 2.41. The van der Waals surface area contributed by atoms with Gasteiger partial charge in [0.25, 0.3) is 0 Å². The zero-order valence-electron chi connectivity index (χ0n) is 9.97. The van der Waals surface area contributed by atoms with Gasteiger partial charge in [-0.05, 0) is 0 Å². The summed E-state index contributed by atoms with van der Waals surface area (Å²) in [6, 6.07) is -1.19. The van der Waals surface area contributed by atoms with Gasteiger partial charge in [0.05, 0.1) is 19.8 Å². The second kappa shape index (κ2) is 5.35. The quantitative estimate of drug-likeness (QED) is 0.346. The van der Waals surface area contributed by atoms with E-state index >= 15 is 0 Å². The van der Waals surface area contributed by atoms with Crippen molar-refractivity contribution in [1.82, 2.24) is 4.90 Å². The summed E-state index contributed by atoms with van der Waals surface area (Å²) in [5, 5.41) is 39.1. The molecule has 6 N–H and O–H groups in total. The van der Waals surface area contributed by atoms with Crippen LogP contribution < -0.4 is 5.73 Å². The Labute approximate surface area is 105 Å². The van der Waals surface area contributed by atoms with Gasteiger partial charge in [0, 0.05) is 13.1 Å². The molecule has 2 heterocycles. The third kappa shape index (κ3) is 2.26. The predicted molar refractivity (Wildman–Crippen MR) is 59.3 cm³/mol. The fourth-order valence-electron chi connectivity index (χ4n) is 2.34. The first-order valence-corrected chi connectivity index (χ1v) is 5.96. The molecule has 5 atom stereocenters. The summed E-state index contributed by atoms with van der Waals surface area (Å²) in [7, 11) is 0. The number of ether oxygens (including phenoxy) is 2. The maximum atomic E-state index is 10.5. The molecule has 0 aliphatic carbocycles. The van der Waals surface area contributed by atoms with Crippen LogP contribution in [0.3, 0.4) is 0 Å². The number of aliphatic hydroxyl groups is 4. The first-order valence-electron chi connectivity index (χ1n) is 5.96. The summed E-state index contributed by atoms with van der Waals surface area (Å²) < 4.78 is 10.5. The molecule has 0 aromatic rings. The van der Waals surface area contributed by atoms with Crippen molar-refractivity contribution in [3.05, 3.63) is 0 Å². The molecule has 2 aliphatic rings. The third-order valence-corrected chi connectivity index (χ3v) is 3.50. The van der Waals surface area contributed by atoms with Crippen molar-refractivity contribution in [2.24, 2.45) is 5.73 Å². The molecule has 106 valence electrons. The molecule has 8 nitrogen and oxygen atoms in total. The Balaban J connectivity index is 2.18. The molecule has 2 rings (SSSR count). The lowest BCUT2D eigenvalue weighted by molar-refractivity contribution is -0.377. The van der Waals surface area contributed by atoms with Gasteiger partial charge in [0.1, 0.15) is 24.4 Å². The zero-order valence-corrected chi connectivity index (χ0v) is 9.97. The predicted octanol–water partition coefficient (Wildman–Crippen LogP) is -3.60. The highest BCUT2D eigenvalue weighted by atomic mass is 16.7. The van der Waals surface area contributed by atoms with E-state index in [0.717, 1.165) is 0 Å². The van der Waals surface area contributed by atoms with Crippen LogP contribution in [-0.2, 0) is 9.47 Å². The van der Waals surface area contributed by atoms with Crippen LogP contribution in [-0.4, -0.2) is 88.5 Å². The van der Waals surface area contributed by atoms with Gasteiger partial charge >= 0.3 is 0 Å². The van der Waals surface area contributed by atoms with E-state index in [1.54, 1.807) is 4.90 Å². The van der Waals surface area contributed by atoms with Crippen molar-refractivity contribution in [2.75, 3.05) is 32.9 Å². The van der Waals surface area contributed by atoms with Crippen molar-refractivity contribution in [3.8, 4) is 0 Å². The largest absolute Gasteiger partial charge is 0.394 e. The van der Waals surface area contributed by atoms with Gasteiger partial charge in [-0.3, -0.25) is 0 Å². The van der Waals surface area contributed by atoms with Crippen molar-refractivity contribution >= 4 is 0 Å². The van der Waals surface area contributed by atoms with E-state index in [0.29, 0.717) is 26.3 Å². The molecule has 0 bridgehead atoms. The molecule has 0 amide bonds. The first kappa shape index (κ1) is 14.1. The van der Waals surface area contributed by atoms with Gasteiger partial charge in [0.2, 0.25) is 5.91 Å². The summed E-state index contributed by atoms with van der Waals surface area (Å²) in [4.78, 5) is 1.54. The van der Waals surface area contributed by atoms with Crippen LogP contribution in [0.25, 0.3) is 0 Å². The highest BCUT2D eigenvalue weighted by molar-refractivity contribution is 4.98. The van der Waals surface area contributed by atoms with Crippen LogP contribution in [0.2, 0.25) is 0 Å². The van der Waals surface area contributed by atoms with Crippen LogP contribution >= 0.6 is 0 Å². The van der Waals surface area contributed by atoms with Crippen LogP contribution in [0.15, 0.2) is 0 Å². The fourth-order valence-corrected chi connectivity index (χ4v) is 2.34. The Morgan fingerprint density at radius 2 is 1.83 bits per heavy atom. The maximum Gasteiger partial charge on any atom is 0.246 e. The number of hydrogen-bond donors (Lipinski definition) is 5. The van der Waals surface area contributed by atoms with Gasteiger partial charge < -0.3 is 35.6 Å². The van der Waals surface area contributed by atoms with Crippen LogP contribution in [0.4, 0.5) is 0 Å². The van der Waals surface area contributed by atoms with E-state index < -0.39 is 36.9 Å². The molecule has 0 radical (unpaired) electrons. The van der Waals surface area contributed by atoms with Crippen molar-refractivity contribution in [3.63, 3.8) is 0 Å². The Morgan fingerprint density at radius 3 is 2.39 bits per heavy atom. The van der Waals surface area contributed by atoms with Gasteiger partial charge in [-0.15, -0.1) is 0 Å². The Hall–Kier alpha value is -0.320. The lowest BCUT2D eigenvalue weighted by Gasteiger charge is -2.51. The molecule has 0 saturated carbocycles. The number of nitrogens with zero attached hydrogens (tertiary/aromatic N) is 1. The van der Waals surface area contributed by atoms with E-state index in [2.05, 4.69) is 0 Å². The van der Waals surface area contributed by atoms with Crippen molar-refractivity contribution in [2.45, 2.75) is 30.3 Å². The van der Waals surface area contributed by atoms with E-state index in [9.17, 15) is 15.3 Å². The van der Waals surface area contributed by atoms with E-state index in [1.807, 2.05) is 0 Å². The fraction of sp³-hybridized carbons (Fsp3) is 1.00. The van der Waals surface area contributed by atoms with Crippen LogP contribution in [0.5, 0.6) is 0 Å². The first-order chi connectivity index (χ1) is 8.50. The molecule has 2 saturated heterocycles. The monoisotopic (exact) mass is 264 g/mol. The second-order valence-corrected chi connectivity index (χ2v) is 4.60. The third-order valence-electron chi connectivity index (χ3n) is 3.50. The van der Waals surface area contributed by atoms with Crippen molar-refractivity contribution < 1.29 is 29.9 Å². The van der Waals surface area contributed by atoms with Crippen LogP contribution in [0.1, 0.15) is 0 Å². The molecule has 0 spiro atoms. The van der Waals surface area contributed by atoms with Gasteiger partial charge in [-0.2, -0.15) is 0 Å². The van der Waals surface area contributed by atoms with Gasteiger partial charge in [-0.25, -0.2) is 4.90 Å². The van der Waals surface area contributed by atoms with Gasteiger partial charge in [0.15, 0.2) is 0 Å². The Kier molecular flexibility index (Phi) is 4.19. The number of nitrogens with two attached hydrogens (primary N) is 1. The molecule has 8 heteroatoms.